The summed E-state index contributed by atoms with van der Waals surface area (Å²) in [6.45, 7) is -0.286. The van der Waals surface area contributed by atoms with Crippen LogP contribution in [-0.4, -0.2) is 29.5 Å². The molecule has 0 aliphatic heterocycles. The molecule has 0 spiro atoms. The lowest BCUT2D eigenvalue weighted by Gasteiger charge is -2.01. The molecule has 0 saturated carbocycles. The zero-order valence-electron chi connectivity index (χ0n) is 11.8. The van der Waals surface area contributed by atoms with Crippen LogP contribution in [0.5, 0.6) is 0 Å². The second-order valence-corrected chi connectivity index (χ2v) is 4.31. The van der Waals surface area contributed by atoms with Crippen LogP contribution >= 0.6 is 0 Å². The number of nitrogens with one attached hydrogen (secondary N) is 2. The van der Waals surface area contributed by atoms with Gasteiger partial charge in [-0.15, -0.1) is 0 Å². The fourth-order valence-electron chi connectivity index (χ4n) is 1.59. The predicted octanol–water partition coefficient (Wildman–Crippen LogP) is 1.07. The molecule has 0 atom stereocenters. The maximum atomic E-state index is 11.5. The number of carbonyl (C=O) groups is 2. The minimum Gasteiger partial charge on any atom is -0.459 e. The van der Waals surface area contributed by atoms with E-state index in [9.17, 15) is 19.7 Å². The van der Waals surface area contributed by atoms with Gasteiger partial charge >= 0.3 is 0 Å². The summed E-state index contributed by atoms with van der Waals surface area (Å²) in [7, 11) is 0. The van der Waals surface area contributed by atoms with Gasteiger partial charge in [-0.05, 0) is 12.1 Å². The Morgan fingerprint density at radius 2 is 2.13 bits per heavy atom. The average Bonchev–Trinajstić information content (AvgIpc) is 3.07. The van der Waals surface area contributed by atoms with Gasteiger partial charge in [-0.25, -0.2) is 5.43 Å². The first-order valence-corrected chi connectivity index (χ1v) is 6.44. The molecule has 118 valence electrons. The molecule has 9 nitrogen and oxygen atoms in total. The van der Waals surface area contributed by atoms with Crippen molar-refractivity contribution in [1.82, 2.24) is 10.7 Å². The monoisotopic (exact) mass is 316 g/mol. The Kier molecular flexibility index (Phi) is 5.18. The molecule has 2 N–H and O–H groups in total. The summed E-state index contributed by atoms with van der Waals surface area (Å²) in [6.07, 6.45) is 2.61. The van der Waals surface area contributed by atoms with Crippen molar-refractivity contribution in [2.45, 2.75) is 0 Å². The summed E-state index contributed by atoms with van der Waals surface area (Å²) in [6, 6.07) is 8.78. The molecule has 0 aliphatic carbocycles. The lowest BCUT2D eigenvalue weighted by atomic mass is 10.2. The highest BCUT2D eigenvalue weighted by Gasteiger charge is 2.09. The Balaban J connectivity index is 1.81. The van der Waals surface area contributed by atoms with Gasteiger partial charge in [0.1, 0.15) is 0 Å². The van der Waals surface area contributed by atoms with Crippen molar-refractivity contribution in [3.8, 4) is 0 Å². The first kappa shape index (κ1) is 15.9. The van der Waals surface area contributed by atoms with Crippen molar-refractivity contribution >= 4 is 23.7 Å². The van der Waals surface area contributed by atoms with Crippen LogP contribution in [0.1, 0.15) is 16.1 Å². The van der Waals surface area contributed by atoms with Crippen molar-refractivity contribution in [2.75, 3.05) is 6.54 Å². The highest BCUT2D eigenvalue weighted by molar-refractivity contribution is 5.94. The third-order valence-corrected chi connectivity index (χ3v) is 2.64. The van der Waals surface area contributed by atoms with Crippen LogP contribution < -0.4 is 10.7 Å². The van der Waals surface area contributed by atoms with Gasteiger partial charge in [0.2, 0.25) is 0 Å². The van der Waals surface area contributed by atoms with Crippen LogP contribution in [0.3, 0.4) is 0 Å². The Bertz CT molecular complexity index is 739. The largest absolute Gasteiger partial charge is 0.459 e. The molecule has 9 heteroatoms. The van der Waals surface area contributed by atoms with E-state index < -0.39 is 16.7 Å². The van der Waals surface area contributed by atoms with Gasteiger partial charge < -0.3 is 9.73 Å². The number of benzene rings is 1. The average molecular weight is 316 g/mol. The van der Waals surface area contributed by atoms with Gasteiger partial charge in [0.05, 0.1) is 23.9 Å². The summed E-state index contributed by atoms with van der Waals surface area (Å²) < 4.78 is 4.87. The van der Waals surface area contributed by atoms with E-state index in [0.717, 1.165) is 0 Å². The zero-order valence-corrected chi connectivity index (χ0v) is 11.8. The smallest absolute Gasteiger partial charge is 0.287 e. The van der Waals surface area contributed by atoms with Crippen LogP contribution in [0.4, 0.5) is 5.69 Å². The summed E-state index contributed by atoms with van der Waals surface area (Å²) >= 11 is 0. The molecule has 2 aromatic rings. The molecule has 2 amide bonds. The molecule has 1 aromatic carbocycles. The Morgan fingerprint density at radius 1 is 1.30 bits per heavy atom. The molecule has 1 heterocycles. The molecule has 0 fully saturated rings. The Hall–Kier alpha value is -3.49. The normalized spacial score (nSPS) is 10.4. The molecular formula is C14H12N4O5. The van der Waals surface area contributed by atoms with Crippen LogP contribution in [0.25, 0.3) is 0 Å². The molecule has 1 aromatic heterocycles. The second-order valence-electron chi connectivity index (χ2n) is 4.31. The minimum atomic E-state index is -0.549. The van der Waals surface area contributed by atoms with E-state index in [1.807, 2.05) is 0 Å². The highest BCUT2D eigenvalue weighted by atomic mass is 16.6. The van der Waals surface area contributed by atoms with E-state index in [4.69, 9.17) is 4.42 Å². The number of furan rings is 1. The second kappa shape index (κ2) is 7.50. The maximum absolute atomic E-state index is 11.5. The number of non-ortho nitro benzene ring substituents is 1. The van der Waals surface area contributed by atoms with E-state index in [0.29, 0.717) is 5.56 Å². The van der Waals surface area contributed by atoms with Gasteiger partial charge in [0.15, 0.2) is 5.76 Å². The van der Waals surface area contributed by atoms with Crippen LogP contribution in [0.2, 0.25) is 0 Å². The van der Waals surface area contributed by atoms with Crippen molar-refractivity contribution in [3.63, 3.8) is 0 Å². The maximum Gasteiger partial charge on any atom is 0.287 e. The van der Waals surface area contributed by atoms with E-state index >= 15 is 0 Å². The molecule has 0 unspecified atom stereocenters. The molecule has 23 heavy (non-hydrogen) atoms. The van der Waals surface area contributed by atoms with Crippen LogP contribution in [0.15, 0.2) is 52.2 Å². The fraction of sp³-hybridized carbons (Fsp3) is 0.0714. The summed E-state index contributed by atoms with van der Waals surface area (Å²) in [5.41, 5.74) is 2.58. The van der Waals surface area contributed by atoms with Gasteiger partial charge in [-0.2, -0.15) is 5.10 Å². The zero-order chi connectivity index (χ0) is 16.7. The third-order valence-electron chi connectivity index (χ3n) is 2.64. The summed E-state index contributed by atoms with van der Waals surface area (Å²) in [5.74, 6) is -0.975. The van der Waals surface area contributed by atoms with Crippen molar-refractivity contribution < 1.29 is 18.9 Å². The van der Waals surface area contributed by atoms with Gasteiger partial charge in [-0.1, -0.05) is 12.1 Å². The molecular weight excluding hydrogens is 304 g/mol. The van der Waals surface area contributed by atoms with Crippen molar-refractivity contribution in [3.05, 3.63) is 64.1 Å². The lowest BCUT2D eigenvalue weighted by molar-refractivity contribution is -0.384. The molecule has 0 bridgehead atoms. The van der Waals surface area contributed by atoms with E-state index in [2.05, 4.69) is 15.8 Å². The minimum absolute atomic E-state index is 0.0778. The van der Waals surface area contributed by atoms with Crippen LogP contribution in [-0.2, 0) is 4.79 Å². The van der Waals surface area contributed by atoms with Crippen LogP contribution in [0, 0.1) is 10.1 Å². The van der Waals surface area contributed by atoms with E-state index in [1.54, 1.807) is 12.1 Å². The number of carbonyl (C=O) groups excluding carboxylic acids is 2. The quantitative estimate of drug-likeness (QED) is 0.468. The van der Waals surface area contributed by atoms with Crippen molar-refractivity contribution in [2.24, 2.45) is 5.10 Å². The lowest BCUT2D eigenvalue weighted by Crippen LogP contribution is -2.34. The number of amides is 2. The fourth-order valence-corrected chi connectivity index (χ4v) is 1.59. The Morgan fingerprint density at radius 3 is 2.83 bits per heavy atom. The van der Waals surface area contributed by atoms with Gasteiger partial charge in [0.25, 0.3) is 17.5 Å². The number of hydrogen-bond acceptors (Lipinski definition) is 6. The first-order valence-electron chi connectivity index (χ1n) is 6.44. The Labute approximate surface area is 130 Å². The summed E-state index contributed by atoms with van der Waals surface area (Å²) in [4.78, 5) is 33.1. The van der Waals surface area contributed by atoms with Gasteiger partial charge in [0, 0.05) is 17.7 Å². The SMILES string of the molecule is O=C(CNC(=O)c1ccco1)NN=Cc1cccc([N+](=O)[O-])c1. The standard InChI is InChI=1S/C14H12N4O5/c19-13(9-15-14(20)12-5-2-6-23-12)17-16-8-10-3-1-4-11(7-10)18(21)22/h1-8H,9H2,(H,15,20)(H,17,19). The topological polar surface area (TPSA) is 127 Å². The van der Waals surface area contributed by atoms with E-state index in [-0.39, 0.29) is 18.0 Å². The number of rotatable bonds is 6. The number of hydrazone groups is 1. The molecule has 0 radical (unpaired) electrons. The van der Waals surface area contributed by atoms with Crippen molar-refractivity contribution in [1.29, 1.82) is 0 Å². The van der Waals surface area contributed by atoms with E-state index in [1.165, 1.54) is 36.7 Å². The summed E-state index contributed by atoms with van der Waals surface area (Å²) in [5, 5.41) is 16.6. The number of hydrogen-bond donors (Lipinski definition) is 2. The molecule has 2 rings (SSSR count). The number of nitro benzene ring substituents is 1. The predicted molar refractivity (Wildman–Crippen MR) is 79.9 cm³/mol. The first-order chi connectivity index (χ1) is 11.1. The number of nitrogens with zero attached hydrogens (tertiary/aromatic N) is 2. The molecule has 0 saturated heterocycles. The number of nitro groups is 1. The van der Waals surface area contributed by atoms with Gasteiger partial charge in [-0.3, -0.25) is 19.7 Å². The molecule has 0 aliphatic rings. The highest BCUT2D eigenvalue weighted by Crippen LogP contribution is 2.11. The third kappa shape index (κ3) is 4.77.